The number of hydrogen-bond donors (Lipinski definition) is 2. The summed E-state index contributed by atoms with van der Waals surface area (Å²) in [5.74, 6) is -0.611. The van der Waals surface area contributed by atoms with Gasteiger partial charge in [0.15, 0.2) is 5.16 Å². The van der Waals surface area contributed by atoms with Crippen LogP contribution < -0.4 is 10.6 Å². The number of nitrogens with one attached hydrogen (secondary N) is 2. The number of aromatic nitrogens is 3. The van der Waals surface area contributed by atoms with Gasteiger partial charge in [-0.3, -0.25) is 19.7 Å². The maximum Gasteiger partial charge on any atom is 0.269 e. The fraction of sp³-hybridized carbons (Fsp3) is 0.238. The minimum Gasteiger partial charge on any atom is -0.326 e. The van der Waals surface area contributed by atoms with Gasteiger partial charge in [-0.2, -0.15) is 0 Å². The van der Waals surface area contributed by atoms with Crippen LogP contribution in [0, 0.1) is 15.9 Å². The molecule has 3 rings (SSSR count). The van der Waals surface area contributed by atoms with E-state index in [1.807, 2.05) is 6.92 Å². The quantitative estimate of drug-likeness (QED) is 0.276. The molecule has 1 aromatic heterocycles. The van der Waals surface area contributed by atoms with Crippen molar-refractivity contribution in [3.63, 3.8) is 0 Å². The SMILES string of the molecule is CC[C@@H](Sc1nnc(CC(=O)Nc2ccc(F)cc2)n1C)C(=O)Nc1ccc([N+](=O)[O-])cc1. The van der Waals surface area contributed by atoms with E-state index in [-0.39, 0.29) is 23.9 Å². The molecule has 0 spiro atoms. The summed E-state index contributed by atoms with van der Waals surface area (Å²) >= 11 is 1.20. The molecule has 12 heteroatoms. The minimum absolute atomic E-state index is 0.0484. The van der Waals surface area contributed by atoms with Crippen LogP contribution >= 0.6 is 11.8 Å². The van der Waals surface area contributed by atoms with Gasteiger partial charge in [0, 0.05) is 30.6 Å². The second kappa shape index (κ2) is 10.7. The van der Waals surface area contributed by atoms with Crippen LogP contribution in [0.4, 0.5) is 21.5 Å². The number of hydrogen-bond acceptors (Lipinski definition) is 7. The molecule has 0 radical (unpaired) electrons. The lowest BCUT2D eigenvalue weighted by molar-refractivity contribution is -0.384. The van der Waals surface area contributed by atoms with Gasteiger partial charge >= 0.3 is 0 Å². The van der Waals surface area contributed by atoms with E-state index in [1.54, 1.807) is 11.6 Å². The van der Waals surface area contributed by atoms with Crippen molar-refractivity contribution in [1.82, 2.24) is 14.8 Å². The summed E-state index contributed by atoms with van der Waals surface area (Å²) in [4.78, 5) is 35.2. The molecule has 2 amide bonds. The molecule has 0 saturated carbocycles. The van der Waals surface area contributed by atoms with Gasteiger partial charge in [0.25, 0.3) is 5.69 Å². The molecule has 0 aliphatic heterocycles. The van der Waals surface area contributed by atoms with E-state index < -0.39 is 16.0 Å². The average molecular weight is 473 g/mol. The number of nitro benzene ring substituents is 1. The zero-order chi connectivity index (χ0) is 24.0. The fourth-order valence-corrected chi connectivity index (χ4v) is 3.76. The molecule has 3 aromatic rings. The molecule has 1 atom stereocenters. The molecule has 1 heterocycles. The zero-order valence-electron chi connectivity index (χ0n) is 17.8. The van der Waals surface area contributed by atoms with Crippen LogP contribution in [0.2, 0.25) is 0 Å². The molecule has 0 fully saturated rings. The first-order valence-corrected chi connectivity index (χ1v) is 10.8. The van der Waals surface area contributed by atoms with E-state index in [0.717, 1.165) is 0 Å². The number of amides is 2. The summed E-state index contributed by atoms with van der Waals surface area (Å²) in [7, 11) is 1.70. The van der Waals surface area contributed by atoms with E-state index in [9.17, 15) is 24.1 Å². The highest BCUT2D eigenvalue weighted by molar-refractivity contribution is 8.00. The second-order valence-electron chi connectivity index (χ2n) is 7.00. The predicted molar refractivity (Wildman–Crippen MR) is 121 cm³/mol. The number of nitrogens with zero attached hydrogens (tertiary/aromatic N) is 4. The molecule has 33 heavy (non-hydrogen) atoms. The van der Waals surface area contributed by atoms with Gasteiger partial charge in [0.2, 0.25) is 11.8 Å². The van der Waals surface area contributed by atoms with Crippen molar-refractivity contribution >= 4 is 40.6 Å². The van der Waals surface area contributed by atoms with Gasteiger partial charge in [-0.25, -0.2) is 4.39 Å². The van der Waals surface area contributed by atoms with Crippen molar-refractivity contribution in [2.45, 2.75) is 30.2 Å². The molecular formula is C21H21FN6O4S. The topological polar surface area (TPSA) is 132 Å². The summed E-state index contributed by atoms with van der Waals surface area (Å²) in [5.41, 5.74) is 0.845. The van der Waals surface area contributed by atoms with E-state index in [1.165, 1.54) is 60.3 Å². The number of carbonyl (C=O) groups excluding carboxylic acids is 2. The molecule has 0 aliphatic carbocycles. The lowest BCUT2D eigenvalue weighted by Gasteiger charge is -2.14. The molecule has 2 aromatic carbocycles. The lowest BCUT2D eigenvalue weighted by atomic mass is 10.2. The number of halogens is 1. The summed E-state index contributed by atoms with van der Waals surface area (Å²) < 4.78 is 14.6. The number of benzene rings is 2. The Balaban J connectivity index is 1.60. The summed E-state index contributed by atoms with van der Waals surface area (Å²) in [5, 5.41) is 24.3. The van der Waals surface area contributed by atoms with Crippen LogP contribution in [0.25, 0.3) is 0 Å². The average Bonchev–Trinajstić information content (AvgIpc) is 3.12. The van der Waals surface area contributed by atoms with Crippen LogP contribution in [0.15, 0.2) is 53.7 Å². The highest BCUT2D eigenvalue weighted by atomic mass is 32.2. The number of thioether (sulfide) groups is 1. The molecule has 0 unspecified atom stereocenters. The Morgan fingerprint density at radius 3 is 2.30 bits per heavy atom. The van der Waals surface area contributed by atoms with Crippen molar-refractivity contribution in [2.24, 2.45) is 7.05 Å². The number of non-ortho nitro benzene ring substituents is 1. The second-order valence-corrected chi connectivity index (χ2v) is 8.17. The zero-order valence-corrected chi connectivity index (χ0v) is 18.6. The fourth-order valence-electron chi connectivity index (χ4n) is 2.82. The number of nitro groups is 1. The van der Waals surface area contributed by atoms with Gasteiger partial charge in [0.1, 0.15) is 11.6 Å². The van der Waals surface area contributed by atoms with Gasteiger partial charge in [-0.05, 0) is 42.8 Å². The third kappa shape index (κ3) is 6.35. The van der Waals surface area contributed by atoms with E-state index >= 15 is 0 Å². The third-order valence-corrected chi connectivity index (χ3v) is 6.03. The molecular weight excluding hydrogens is 451 g/mol. The highest BCUT2D eigenvalue weighted by Gasteiger charge is 2.22. The van der Waals surface area contributed by atoms with Crippen LogP contribution in [-0.2, 0) is 23.1 Å². The standard InChI is InChI=1S/C21H21FN6O4S/c1-3-17(20(30)24-15-8-10-16(11-9-15)28(31)32)33-21-26-25-18(27(21)2)12-19(29)23-14-6-4-13(22)5-7-14/h4-11,17H,3,12H2,1-2H3,(H,23,29)(H,24,30)/t17-/m1/s1. The first kappa shape index (κ1) is 23.9. The summed E-state index contributed by atoms with van der Waals surface area (Å²) in [6, 6.07) is 11.0. The van der Waals surface area contributed by atoms with Crippen molar-refractivity contribution in [3.8, 4) is 0 Å². The van der Waals surface area contributed by atoms with Gasteiger partial charge in [-0.1, -0.05) is 18.7 Å². The lowest BCUT2D eigenvalue weighted by Crippen LogP contribution is -2.25. The molecule has 0 bridgehead atoms. The van der Waals surface area contributed by atoms with Crippen molar-refractivity contribution < 1.29 is 18.9 Å². The van der Waals surface area contributed by atoms with E-state index in [0.29, 0.717) is 28.8 Å². The Labute approximate surface area is 192 Å². The summed E-state index contributed by atoms with van der Waals surface area (Å²) in [6.45, 7) is 1.85. The number of rotatable bonds is 9. The molecule has 2 N–H and O–H groups in total. The van der Waals surface area contributed by atoms with Crippen molar-refractivity contribution in [2.75, 3.05) is 10.6 Å². The Morgan fingerprint density at radius 2 is 1.70 bits per heavy atom. The molecule has 10 nitrogen and oxygen atoms in total. The molecule has 172 valence electrons. The first-order chi connectivity index (χ1) is 15.8. The van der Waals surface area contributed by atoms with Crippen molar-refractivity contribution in [3.05, 3.63) is 70.3 Å². The Kier molecular flexibility index (Phi) is 7.72. The Morgan fingerprint density at radius 1 is 1.09 bits per heavy atom. The van der Waals surface area contributed by atoms with Crippen molar-refractivity contribution in [1.29, 1.82) is 0 Å². The van der Waals surface area contributed by atoms with E-state index in [4.69, 9.17) is 0 Å². The largest absolute Gasteiger partial charge is 0.326 e. The Bertz CT molecular complexity index is 1150. The number of anilines is 2. The van der Waals surface area contributed by atoms with Gasteiger partial charge in [0.05, 0.1) is 16.6 Å². The molecule has 0 aliphatic rings. The van der Waals surface area contributed by atoms with Gasteiger partial charge in [-0.15, -0.1) is 10.2 Å². The normalized spacial score (nSPS) is 11.6. The van der Waals surface area contributed by atoms with Crippen LogP contribution in [0.5, 0.6) is 0 Å². The van der Waals surface area contributed by atoms with E-state index in [2.05, 4.69) is 20.8 Å². The smallest absolute Gasteiger partial charge is 0.269 e. The number of carbonyl (C=O) groups is 2. The predicted octanol–water partition coefficient (Wildman–Crippen LogP) is 3.55. The Hall–Kier alpha value is -3.80. The maximum absolute atomic E-state index is 13.0. The van der Waals surface area contributed by atoms with Crippen LogP contribution in [0.3, 0.4) is 0 Å². The monoisotopic (exact) mass is 472 g/mol. The minimum atomic E-state index is -0.512. The third-order valence-electron chi connectivity index (χ3n) is 4.63. The first-order valence-electron chi connectivity index (χ1n) is 9.92. The maximum atomic E-state index is 13.0. The summed E-state index contributed by atoms with van der Waals surface area (Å²) in [6.07, 6.45) is 0.448. The molecule has 0 saturated heterocycles. The highest BCUT2D eigenvalue weighted by Crippen LogP contribution is 2.26. The van der Waals surface area contributed by atoms with Crippen LogP contribution in [0.1, 0.15) is 19.2 Å². The van der Waals surface area contributed by atoms with Crippen LogP contribution in [-0.4, -0.2) is 36.8 Å². The van der Waals surface area contributed by atoms with Gasteiger partial charge < -0.3 is 15.2 Å².